The lowest BCUT2D eigenvalue weighted by molar-refractivity contribution is 0.0529. The highest BCUT2D eigenvalue weighted by Gasteiger charge is 2.21. The van der Waals surface area contributed by atoms with Gasteiger partial charge in [0.15, 0.2) is 0 Å². The van der Waals surface area contributed by atoms with Crippen LogP contribution in [0.5, 0.6) is 0 Å². The molecule has 2 aromatic rings. The molecule has 0 bridgehead atoms. The predicted molar refractivity (Wildman–Crippen MR) is 95.3 cm³/mol. The fourth-order valence-corrected chi connectivity index (χ4v) is 3.02. The Morgan fingerprint density at radius 3 is 2.64 bits per heavy atom. The molecule has 0 amide bonds. The molecule has 0 aliphatic carbocycles. The highest BCUT2D eigenvalue weighted by molar-refractivity contribution is 9.10. The first-order valence-corrected chi connectivity index (χ1v) is 8.45. The van der Waals surface area contributed by atoms with Gasteiger partial charge in [0.05, 0.1) is 12.9 Å². The number of benzene rings is 1. The van der Waals surface area contributed by atoms with Crippen molar-refractivity contribution in [1.82, 2.24) is 4.90 Å². The Kier molecular flexibility index (Phi) is 5.74. The molecule has 0 radical (unpaired) electrons. The molecule has 0 spiro atoms. The number of halogens is 1. The van der Waals surface area contributed by atoms with Crippen molar-refractivity contribution < 1.29 is 9.53 Å². The summed E-state index contributed by atoms with van der Waals surface area (Å²) in [6, 6.07) is 7.83. The number of thiophene rings is 1. The molecular weight excluding hydrogens is 364 g/mol. The molecule has 0 saturated heterocycles. The Hall–Kier alpha value is -1.66. The highest BCUT2D eigenvalue weighted by atomic mass is 79.9. The van der Waals surface area contributed by atoms with Crippen molar-refractivity contribution in [2.24, 2.45) is 4.99 Å². The summed E-state index contributed by atoms with van der Waals surface area (Å²) in [7, 11) is 3.77. The van der Waals surface area contributed by atoms with Gasteiger partial charge >= 0.3 is 5.97 Å². The van der Waals surface area contributed by atoms with Gasteiger partial charge in [-0.25, -0.2) is 9.79 Å². The minimum Gasteiger partial charge on any atom is -0.462 e. The van der Waals surface area contributed by atoms with Gasteiger partial charge in [0.1, 0.15) is 10.6 Å². The average molecular weight is 381 g/mol. The molecule has 0 N–H and O–H groups in total. The molecule has 2 rings (SSSR count). The van der Waals surface area contributed by atoms with E-state index in [1.807, 2.05) is 48.6 Å². The van der Waals surface area contributed by atoms with E-state index in [2.05, 4.69) is 20.9 Å². The standard InChI is InChI=1S/C16H17BrN2O2S/c1-4-21-16(20)14-13(11-5-7-12(17)8-6-11)9-22-15(14)18-10-19(2)3/h5-10H,4H2,1-3H3. The topological polar surface area (TPSA) is 41.9 Å². The molecule has 6 heteroatoms. The molecular formula is C16H17BrN2O2S. The van der Waals surface area contributed by atoms with Crippen LogP contribution in [-0.2, 0) is 4.74 Å². The molecule has 1 aromatic heterocycles. The third kappa shape index (κ3) is 3.96. The number of hydrogen-bond acceptors (Lipinski definition) is 4. The summed E-state index contributed by atoms with van der Waals surface area (Å²) >= 11 is 4.85. The number of ether oxygens (including phenoxy) is 1. The Labute approximate surface area is 142 Å². The summed E-state index contributed by atoms with van der Waals surface area (Å²) in [4.78, 5) is 18.5. The van der Waals surface area contributed by atoms with Crippen LogP contribution in [0.4, 0.5) is 5.00 Å². The largest absolute Gasteiger partial charge is 0.462 e. The zero-order chi connectivity index (χ0) is 16.1. The Balaban J connectivity index is 2.49. The lowest BCUT2D eigenvalue weighted by atomic mass is 10.0. The van der Waals surface area contributed by atoms with Gasteiger partial charge in [-0.05, 0) is 24.6 Å². The van der Waals surface area contributed by atoms with Crippen LogP contribution in [0.15, 0.2) is 39.1 Å². The molecule has 0 saturated carbocycles. The van der Waals surface area contributed by atoms with Crippen molar-refractivity contribution in [1.29, 1.82) is 0 Å². The molecule has 1 heterocycles. The molecule has 4 nitrogen and oxygen atoms in total. The normalized spacial score (nSPS) is 10.9. The average Bonchev–Trinajstić information content (AvgIpc) is 2.90. The van der Waals surface area contributed by atoms with E-state index in [9.17, 15) is 4.79 Å². The van der Waals surface area contributed by atoms with E-state index < -0.39 is 0 Å². The number of esters is 1. The molecule has 0 unspecified atom stereocenters. The van der Waals surface area contributed by atoms with Crippen LogP contribution in [0.3, 0.4) is 0 Å². The van der Waals surface area contributed by atoms with Crippen molar-refractivity contribution in [3.05, 3.63) is 39.7 Å². The van der Waals surface area contributed by atoms with E-state index >= 15 is 0 Å². The Morgan fingerprint density at radius 2 is 2.05 bits per heavy atom. The van der Waals surface area contributed by atoms with Gasteiger partial charge in [-0.15, -0.1) is 11.3 Å². The molecule has 0 atom stereocenters. The predicted octanol–water partition coefficient (Wildman–Crippen LogP) is 4.58. The van der Waals surface area contributed by atoms with E-state index in [0.29, 0.717) is 17.2 Å². The summed E-state index contributed by atoms with van der Waals surface area (Å²) < 4.78 is 6.19. The van der Waals surface area contributed by atoms with Crippen LogP contribution in [0.1, 0.15) is 17.3 Å². The van der Waals surface area contributed by atoms with Gasteiger partial charge in [0.25, 0.3) is 0 Å². The third-order valence-corrected chi connectivity index (χ3v) is 4.23. The Morgan fingerprint density at radius 1 is 1.36 bits per heavy atom. The van der Waals surface area contributed by atoms with Gasteiger partial charge in [0.2, 0.25) is 0 Å². The molecule has 22 heavy (non-hydrogen) atoms. The molecule has 116 valence electrons. The molecule has 1 aromatic carbocycles. The van der Waals surface area contributed by atoms with Crippen LogP contribution in [-0.4, -0.2) is 37.9 Å². The zero-order valence-corrected chi connectivity index (χ0v) is 15.1. The number of hydrogen-bond donors (Lipinski definition) is 0. The van der Waals surface area contributed by atoms with E-state index in [-0.39, 0.29) is 5.97 Å². The van der Waals surface area contributed by atoms with E-state index in [0.717, 1.165) is 15.6 Å². The fraction of sp³-hybridized carbons (Fsp3) is 0.250. The summed E-state index contributed by atoms with van der Waals surface area (Å²) in [5.41, 5.74) is 2.34. The smallest absolute Gasteiger partial charge is 0.341 e. The second-order valence-corrected chi connectivity index (χ2v) is 6.54. The molecule has 0 aliphatic rings. The Bertz CT molecular complexity index is 678. The monoisotopic (exact) mass is 380 g/mol. The van der Waals surface area contributed by atoms with Crippen LogP contribution < -0.4 is 0 Å². The number of nitrogens with zero attached hydrogens (tertiary/aromatic N) is 2. The maximum Gasteiger partial charge on any atom is 0.341 e. The summed E-state index contributed by atoms with van der Waals surface area (Å²) in [6.07, 6.45) is 1.68. The van der Waals surface area contributed by atoms with Gasteiger partial charge in [-0.2, -0.15) is 0 Å². The maximum absolute atomic E-state index is 12.3. The lowest BCUT2D eigenvalue weighted by Crippen LogP contribution is -2.08. The van der Waals surface area contributed by atoms with E-state index in [1.165, 1.54) is 11.3 Å². The first-order chi connectivity index (χ1) is 10.5. The van der Waals surface area contributed by atoms with Gasteiger partial charge in [-0.3, -0.25) is 0 Å². The molecule has 0 fully saturated rings. The second-order valence-electron chi connectivity index (χ2n) is 4.77. The minimum atomic E-state index is -0.340. The number of aliphatic imine (C=N–C) groups is 1. The van der Waals surface area contributed by atoms with Crippen LogP contribution in [0.2, 0.25) is 0 Å². The summed E-state index contributed by atoms with van der Waals surface area (Å²) in [6.45, 7) is 2.14. The van der Waals surface area contributed by atoms with Crippen molar-refractivity contribution in [2.75, 3.05) is 20.7 Å². The van der Waals surface area contributed by atoms with Crippen molar-refractivity contribution >= 4 is 44.6 Å². The lowest BCUT2D eigenvalue weighted by Gasteiger charge is -2.06. The summed E-state index contributed by atoms with van der Waals surface area (Å²) in [5, 5.41) is 2.60. The van der Waals surface area contributed by atoms with Crippen LogP contribution >= 0.6 is 27.3 Å². The first-order valence-electron chi connectivity index (χ1n) is 6.78. The minimum absolute atomic E-state index is 0.339. The van der Waals surface area contributed by atoms with E-state index in [1.54, 1.807) is 13.3 Å². The van der Waals surface area contributed by atoms with Crippen molar-refractivity contribution in [2.45, 2.75) is 6.92 Å². The van der Waals surface area contributed by atoms with Gasteiger partial charge < -0.3 is 9.64 Å². The maximum atomic E-state index is 12.3. The van der Waals surface area contributed by atoms with Crippen LogP contribution in [0, 0.1) is 0 Å². The van der Waals surface area contributed by atoms with Crippen LogP contribution in [0.25, 0.3) is 11.1 Å². The van der Waals surface area contributed by atoms with Crippen molar-refractivity contribution in [3.8, 4) is 11.1 Å². The van der Waals surface area contributed by atoms with Crippen molar-refractivity contribution in [3.63, 3.8) is 0 Å². The molecule has 0 aliphatic heterocycles. The van der Waals surface area contributed by atoms with Gasteiger partial charge in [-0.1, -0.05) is 28.1 Å². The highest BCUT2D eigenvalue weighted by Crippen LogP contribution is 2.38. The fourth-order valence-electron chi connectivity index (χ4n) is 1.85. The third-order valence-electron chi connectivity index (χ3n) is 2.81. The van der Waals surface area contributed by atoms with Gasteiger partial charge in [0, 0.05) is 29.5 Å². The van der Waals surface area contributed by atoms with E-state index in [4.69, 9.17) is 4.74 Å². The number of rotatable bonds is 5. The quantitative estimate of drug-likeness (QED) is 0.433. The number of carbonyl (C=O) groups is 1. The summed E-state index contributed by atoms with van der Waals surface area (Å²) in [5.74, 6) is -0.340. The SMILES string of the molecule is CCOC(=O)c1c(-c2ccc(Br)cc2)csc1N=CN(C)C. The first kappa shape index (κ1) is 16.7. The zero-order valence-electron chi connectivity index (χ0n) is 12.7. The number of carbonyl (C=O) groups excluding carboxylic acids is 1. The second kappa shape index (κ2) is 7.56.